The molecule has 0 spiro atoms. The smallest absolute Gasteiger partial charge is 0.262 e. The lowest BCUT2D eigenvalue weighted by Crippen LogP contribution is -2.22. The van der Waals surface area contributed by atoms with E-state index in [-0.39, 0.29) is 12.5 Å². The summed E-state index contributed by atoms with van der Waals surface area (Å²) in [4.78, 5) is 17.9. The van der Waals surface area contributed by atoms with Crippen LogP contribution in [0.3, 0.4) is 0 Å². The monoisotopic (exact) mass is 306 g/mol. The maximum Gasteiger partial charge on any atom is 0.262 e. The van der Waals surface area contributed by atoms with Crippen molar-refractivity contribution >= 4 is 28.6 Å². The van der Waals surface area contributed by atoms with Crippen molar-refractivity contribution in [2.45, 2.75) is 19.9 Å². The van der Waals surface area contributed by atoms with Crippen LogP contribution in [0.15, 0.2) is 17.0 Å². The van der Waals surface area contributed by atoms with Crippen molar-refractivity contribution in [3.8, 4) is 11.8 Å². The molecule has 2 aromatic rings. The van der Waals surface area contributed by atoms with E-state index in [2.05, 4.69) is 22.1 Å². The number of aryl methyl sites for hydroxylation is 1. The minimum Gasteiger partial charge on any atom is -0.395 e. The largest absolute Gasteiger partial charge is 0.395 e. The molecule has 2 N–H and O–H groups in total. The van der Waals surface area contributed by atoms with Gasteiger partial charge in [0.05, 0.1) is 24.4 Å². The number of nitrogens with zero attached hydrogens (tertiary/aromatic N) is 1. The Morgan fingerprint density at radius 2 is 2.35 bits per heavy atom. The number of aromatic nitrogens is 1. The molecule has 0 saturated carbocycles. The van der Waals surface area contributed by atoms with Gasteiger partial charge in [-0.15, -0.1) is 22.7 Å². The summed E-state index contributed by atoms with van der Waals surface area (Å²) in [5.74, 6) is 5.62. The third kappa shape index (κ3) is 3.67. The van der Waals surface area contributed by atoms with Crippen LogP contribution in [-0.2, 0) is 6.54 Å². The highest BCUT2D eigenvalue weighted by atomic mass is 32.1. The van der Waals surface area contributed by atoms with Crippen molar-refractivity contribution in [2.24, 2.45) is 0 Å². The van der Waals surface area contributed by atoms with Crippen LogP contribution in [0.5, 0.6) is 0 Å². The maximum atomic E-state index is 12.1. The summed E-state index contributed by atoms with van der Waals surface area (Å²) in [5.41, 5.74) is 3.43. The molecule has 0 aromatic carbocycles. The summed E-state index contributed by atoms with van der Waals surface area (Å²) in [6.07, 6.45) is 0.414. The van der Waals surface area contributed by atoms with Gasteiger partial charge in [-0.05, 0) is 18.4 Å². The zero-order valence-corrected chi connectivity index (χ0v) is 12.6. The standard InChI is InChI=1S/C14H14N2O2S2/c1-10-12(20-9-16-10)8-15-14(18)13-11(5-7-19-13)4-2-3-6-17/h5,7,9,17H,3,6,8H2,1H3,(H,15,18). The van der Waals surface area contributed by atoms with E-state index in [9.17, 15) is 4.79 Å². The summed E-state index contributed by atoms with van der Waals surface area (Å²) in [7, 11) is 0. The number of hydrogen-bond donors (Lipinski definition) is 2. The first-order chi connectivity index (χ1) is 9.72. The Kier molecular flexibility index (Phi) is 5.30. The fourth-order valence-corrected chi connectivity index (χ4v) is 3.02. The number of hydrogen-bond acceptors (Lipinski definition) is 5. The van der Waals surface area contributed by atoms with Crippen molar-refractivity contribution < 1.29 is 9.90 Å². The predicted molar refractivity (Wildman–Crippen MR) is 80.9 cm³/mol. The van der Waals surface area contributed by atoms with E-state index in [1.165, 1.54) is 22.7 Å². The van der Waals surface area contributed by atoms with Crippen molar-refractivity contribution in [1.82, 2.24) is 10.3 Å². The molecule has 4 nitrogen and oxygen atoms in total. The topological polar surface area (TPSA) is 62.2 Å². The first-order valence-corrected chi connectivity index (χ1v) is 7.82. The molecule has 0 fully saturated rings. The molecule has 2 heterocycles. The van der Waals surface area contributed by atoms with Crippen LogP contribution in [0, 0.1) is 18.8 Å². The average molecular weight is 306 g/mol. The number of carbonyl (C=O) groups excluding carboxylic acids is 1. The van der Waals surface area contributed by atoms with E-state index in [0.29, 0.717) is 23.4 Å². The van der Waals surface area contributed by atoms with E-state index in [0.717, 1.165) is 10.6 Å². The number of nitrogens with one attached hydrogen (secondary N) is 1. The fraction of sp³-hybridized carbons (Fsp3) is 0.286. The van der Waals surface area contributed by atoms with Gasteiger partial charge < -0.3 is 10.4 Å². The van der Waals surface area contributed by atoms with Gasteiger partial charge >= 0.3 is 0 Å². The Balaban J connectivity index is 2.01. The van der Waals surface area contributed by atoms with Crippen LogP contribution in [0.2, 0.25) is 0 Å². The van der Waals surface area contributed by atoms with Gasteiger partial charge in [0.2, 0.25) is 0 Å². The quantitative estimate of drug-likeness (QED) is 0.851. The van der Waals surface area contributed by atoms with Gasteiger partial charge in [0.15, 0.2) is 0 Å². The Labute approximate surface area is 125 Å². The van der Waals surface area contributed by atoms with E-state index in [4.69, 9.17) is 5.11 Å². The number of thiazole rings is 1. The SMILES string of the molecule is Cc1ncsc1CNC(=O)c1sccc1C#CCCO. The Hall–Kier alpha value is -1.68. The van der Waals surface area contributed by atoms with Gasteiger partial charge in [-0.1, -0.05) is 11.8 Å². The van der Waals surface area contributed by atoms with Gasteiger partial charge in [0.1, 0.15) is 4.88 Å². The van der Waals surface area contributed by atoms with Gasteiger partial charge in [-0.3, -0.25) is 4.79 Å². The number of thiophene rings is 1. The van der Waals surface area contributed by atoms with E-state index in [1.54, 1.807) is 5.51 Å². The van der Waals surface area contributed by atoms with Crippen molar-refractivity contribution in [2.75, 3.05) is 6.61 Å². The zero-order valence-electron chi connectivity index (χ0n) is 11.0. The summed E-state index contributed by atoms with van der Waals surface area (Å²) >= 11 is 2.90. The van der Waals surface area contributed by atoms with Crippen LogP contribution in [-0.4, -0.2) is 22.6 Å². The highest BCUT2D eigenvalue weighted by molar-refractivity contribution is 7.12. The normalized spacial score (nSPS) is 9.90. The van der Waals surface area contributed by atoms with Gasteiger partial charge in [-0.25, -0.2) is 4.98 Å². The Bertz CT molecular complexity index is 649. The highest BCUT2D eigenvalue weighted by Gasteiger charge is 2.12. The maximum absolute atomic E-state index is 12.1. The molecule has 0 unspecified atom stereocenters. The third-order valence-corrected chi connectivity index (χ3v) is 4.43. The van der Waals surface area contributed by atoms with Gasteiger partial charge in [-0.2, -0.15) is 0 Å². The lowest BCUT2D eigenvalue weighted by Gasteiger charge is -2.03. The minimum atomic E-state index is -0.124. The first kappa shape index (κ1) is 14.7. The number of amides is 1. The zero-order chi connectivity index (χ0) is 14.4. The molecule has 0 saturated heterocycles. The van der Waals surface area contributed by atoms with Crippen LogP contribution in [0.4, 0.5) is 0 Å². The lowest BCUT2D eigenvalue weighted by atomic mass is 10.2. The molecule has 0 aliphatic rings. The molecule has 0 aliphatic carbocycles. The molecule has 20 heavy (non-hydrogen) atoms. The summed E-state index contributed by atoms with van der Waals surface area (Å²) in [5, 5.41) is 13.4. The Morgan fingerprint density at radius 1 is 1.50 bits per heavy atom. The fourth-order valence-electron chi connectivity index (χ4n) is 1.53. The highest BCUT2D eigenvalue weighted by Crippen LogP contribution is 2.17. The molecule has 2 rings (SSSR count). The second-order valence-corrected chi connectivity index (χ2v) is 5.84. The van der Waals surface area contributed by atoms with Crippen molar-refractivity contribution in [1.29, 1.82) is 0 Å². The molecule has 104 valence electrons. The third-order valence-electron chi connectivity index (χ3n) is 2.59. The summed E-state index contributed by atoms with van der Waals surface area (Å²) in [6.45, 7) is 2.44. The molecular weight excluding hydrogens is 292 g/mol. The van der Waals surface area contributed by atoms with E-state index in [1.807, 2.05) is 18.4 Å². The molecule has 6 heteroatoms. The molecule has 1 amide bonds. The second-order valence-electron chi connectivity index (χ2n) is 3.98. The summed E-state index contributed by atoms with van der Waals surface area (Å²) < 4.78 is 0. The minimum absolute atomic E-state index is 0.0311. The second kappa shape index (κ2) is 7.20. The van der Waals surface area contributed by atoms with E-state index >= 15 is 0 Å². The molecular formula is C14H14N2O2S2. The van der Waals surface area contributed by atoms with Crippen LogP contribution in [0.25, 0.3) is 0 Å². The summed E-state index contributed by atoms with van der Waals surface area (Å²) in [6, 6.07) is 1.82. The number of rotatable bonds is 4. The first-order valence-electron chi connectivity index (χ1n) is 6.06. The number of carbonyl (C=O) groups is 1. The lowest BCUT2D eigenvalue weighted by molar-refractivity contribution is 0.0955. The molecule has 0 aliphatic heterocycles. The van der Waals surface area contributed by atoms with Gasteiger partial charge in [0.25, 0.3) is 5.91 Å². The molecule has 0 radical (unpaired) electrons. The van der Waals surface area contributed by atoms with E-state index < -0.39 is 0 Å². The van der Waals surface area contributed by atoms with Crippen molar-refractivity contribution in [3.63, 3.8) is 0 Å². The number of aliphatic hydroxyl groups is 1. The molecule has 0 bridgehead atoms. The van der Waals surface area contributed by atoms with Gasteiger partial charge in [0, 0.05) is 16.9 Å². The predicted octanol–water partition coefficient (Wildman–Crippen LogP) is 2.18. The number of aliphatic hydroxyl groups excluding tert-OH is 1. The van der Waals surface area contributed by atoms with Crippen LogP contribution < -0.4 is 5.32 Å². The van der Waals surface area contributed by atoms with Crippen LogP contribution in [0.1, 0.15) is 32.2 Å². The van der Waals surface area contributed by atoms with Crippen LogP contribution >= 0.6 is 22.7 Å². The molecule has 2 aromatic heterocycles. The molecule has 0 atom stereocenters. The van der Waals surface area contributed by atoms with Crippen molar-refractivity contribution in [3.05, 3.63) is 38.0 Å². The Morgan fingerprint density at radius 3 is 3.05 bits per heavy atom. The average Bonchev–Trinajstić information content (AvgIpc) is 3.05.